The Kier molecular flexibility index (Phi) is 8.22. The number of aromatic amines is 1. The maximum absolute atomic E-state index is 12.7. The number of fused-ring (bicyclic) bond motifs is 1. The third-order valence-electron chi connectivity index (χ3n) is 4.67. The Morgan fingerprint density at radius 1 is 1.18 bits per heavy atom. The molecule has 0 aliphatic heterocycles. The highest BCUT2D eigenvalue weighted by Gasteiger charge is 2.27. The van der Waals surface area contributed by atoms with E-state index in [2.05, 4.69) is 31.6 Å². The molecule has 170 valence electrons. The van der Waals surface area contributed by atoms with Gasteiger partial charge < -0.3 is 19.8 Å². The van der Waals surface area contributed by atoms with Crippen molar-refractivity contribution >= 4 is 63.2 Å². The molecule has 1 aromatic carbocycles. The van der Waals surface area contributed by atoms with Crippen LogP contribution in [0.5, 0.6) is 0 Å². The van der Waals surface area contributed by atoms with Crippen LogP contribution in [0.1, 0.15) is 27.2 Å². The van der Waals surface area contributed by atoms with Gasteiger partial charge in [0.2, 0.25) is 0 Å². The fourth-order valence-corrected chi connectivity index (χ4v) is 4.32. The number of hydrogen-bond donors (Lipinski definition) is 2. The van der Waals surface area contributed by atoms with Crippen LogP contribution >= 0.6 is 35.2 Å². The van der Waals surface area contributed by atoms with Crippen molar-refractivity contribution in [3.63, 3.8) is 0 Å². The predicted octanol–water partition coefficient (Wildman–Crippen LogP) is 4.25. The second kappa shape index (κ2) is 11.1. The largest absolute Gasteiger partial charge is 0.468 e. The Labute approximate surface area is 204 Å². The predicted molar refractivity (Wildman–Crippen MR) is 129 cm³/mol. The van der Waals surface area contributed by atoms with Crippen molar-refractivity contribution in [1.82, 2.24) is 10.3 Å². The van der Waals surface area contributed by atoms with Gasteiger partial charge in [0.15, 0.2) is 5.92 Å². The molecule has 3 aromatic rings. The molecule has 33 heavy (non-hydrogen) atoms. The van der Waals surface area contributed by atoms with E-state index in [-0.39, 0.29) is 12.3 Å². The molecule has 0 radical (unpaired) electrons. The zero-order chi connectivity index (χ0) is 24.0. The lowest BCUT2D eigenvalue weighted by molar-refractivity contribution is -0.158. The number of pyridine rings is 1. The number of halogens is 1. The van der Waals surface area contributed by atoms with Gasteiger partial charge in [-0.2, -0.15) is 0 Å². The van der Waals surface area contributed by atoms with Crippen molar-refractivity contribution < 1.29 is 23.9 Å². The standard InChI is InChI=1S/C23H19ClN2O5S2/c1-30-22(28)16(23(29)31-2)5-3-4-15-10-17-19(32)18(12-26-21(17)33-15)20(27)25-11-13-6-8-14(24)9-7-13/h6-10,12,16H,5,11H2,1-2H3,(H,25,27)(H,26,32). The number of ether oxygens (including phenoxy) is 2. The van der Waals surface area contributed by atoms with Gasteiger partial charge >= 0.3 is 11.9 Å². The third kappa shape index (κ3) is 5.99. The molecule has 0 atom stereocenters. The van der Waals surface area contributed by atoms with Crippen LogP contribution in [0.3, 0.4) is 0 Å². The van der Waals surface area contributed by atoms with Crippen LogP contribution in [-0.2, 0) is 25.6 Å². The minimum absolute atomic E-state index is 0.0452. The highest BCUT2D eigenvalue weighted by atomic mass is 35.5. The van der Waals surface area contributed by atoms with E-state index in [1.54, 1.807) is 24.4 Å². The first-order valence-electron chi connectivity index (χ1n) is 9.66. The molecule has 1 amide bonds. The SMILES string of the molecule is COC(=O)C(CC#Cc1cc2c(=S)c(C(=O)NCc3ccc(Cl)cc3)c[nH]c2s1)C(=O)OC. The first-order chi connectivity index (χ1) is 15.8. The number of benzene rings is 1. The smallest absolute Gasteiger partial charge is 0.321 e. The molecule has 0 bridgehead atoms. The average Bonchev–Trinajstić information content (AvgIpc) is 3.24. The van der Waals surface area contributed by atoms with Crippen molar-refractivity contribution in [3.05, 3.63) is 62.1 Å². The lowest BCUT2D eigenvalue weighted by atomic mass is 10.1. The number of hydrogen-bond acceptors (Lipinski definition) is 7. The van der Waals surface area contributed by atoms with Crippen LogP contribution in [0, 0.1) is 22.3 Å². The molecule has 2 heterocycles. The summed E-state index contributed by atoms with van der Waals surface area (Å²) in [5.41, 5.74) is 1.26. The summed E-state index contributed by atoms with van der Waals surface area (Å²) in [4.78, 5) is 40.7. The molecular formula is C23H19ClN2O5S2. The lowest BCUT2D eigenvalue weighted by Crippen LogP contribution is -2.26. The van der Waals surface area contributed by atoms with E-state index >= 15 is 0 Å². The van der Waals surface area contributed by atoms with Crippen LogP contribution < -0.4 is 5.32 Å². The molecular weight excluding hydrogens is 484 g/mol. The fraction of sp³-hybridized carbons (Fsp3) is 0.217. The number of thiophene rings is 1. The van der Waals surface area contributed by atoms with Gasteiger partial charge in [-0.1, -0.05) is 47.8 Å². The summed E-state index contributed by atoms with van der Waals surface area (Å²) in [5.74, 6) is 2.92. The number of aromatic nitrogens is 1. The first kappa shape index (κ1) is 24.5. The molecule has 7 nitrogen and oxygen atoms in total. The summed E-state index contributed by atoms with van der Waals surface area (Å²) in [6.45, 7) is 0.338. The summed E-state index contributed by atoms with van der Waals surface area (Å²) >= 11 is 12.8. The molecule has 0 aliphatic carbocycles. The maximum atomic E-state index is 12.7. The molecule has 0 unspecified atom stereocenters. The Morgan fingerprint density at radius 3 is 2.48 bits per heavy atom. The third-order valence-corrected chi connectivity index (χ3v) is 6.34. The molecule has 0 saturated heterocycles. The lowest BCUT2D eigenvalue weighted by Gasteiger charge is -2.08. The van der Waals surface area contributed by atoms with Crippen LogP contribution in [0.15, 0.2) is 36.5 Å². The van der Waals surface area contributed by atoms with E-state index in [0.29, 0.717) is 31.9 Å². The number of amides is 1. The van der Waals surface area contributed by atoms with E-state index in [1.807, 2.05) is 12.1 Å². The van der Waals surface area contributed by atoms with E-state index in [0.717, 1.165) is 10.4 Å². The summed E-state index contributed by atoms with van der Waals surface area (Å²) in [7, 11) is 2.39. The average molecular weight is 503 g/mol. The summed E-state index contributed by atoms with van der Waals surface area (Å²) < 4.78 is 9.65. The molecule has 3 rings (SSSR count). The van der Waals surface area contributed by atoms with Crippen molar-refractivity contribution in [3.8, 4) is 11.8 Å². The van der Waals surface area contributed by atoms with Crippen LogP contribution in [0.25, 0.3) is 10.2 Å². The van der Waals surface area contributed by atoms with Gasteiger partial charge in [-0.25, -0.2) is 0 Å². The monoisotopic (exact) mass is 502 g/mol. The van der Waals surface area contributed by atoms with Gasteiger partial charge in [-0.15, -0.1) is 11.3 Å². The Morgan fingerprint density at radius 2 is 1.85 bits per heavy atom. The zero-order valence-corrected chi connectivity index (χ0v) is 20.1. The van der Waals surface area contributed by atoms with E-state index in [9.17, 15) is 14.4 Å². The number of H-pyrrole nitrogens is 1. The summed E-state index contributed by atoms with van der Waals surface area (Å²) in [5, 5.41) is 4.16. The number of carbonyl (C=O) groups is 3. The Hall–Kier alpha value is -3.19. The quantitative estimate of drug-likeness (QED) is 0.226. The van der Waals surface area contributed by atoms with Crippen molar-refractivity contribution in [2.75, 3.05) is 14.2 Å². The van der Waals surface area contributed by atoms with Gasteiger partial charge in [0.05, 0.1) is 29.2 Å². The fourth-order valence-electron chi connectivity index (χ4n) is 2.91. The molecule has 0 fully saturated rings. The van der Waals surface area contributed by atoms with Gasteiger partial charge in [0.25, 0.3) is 5.91 Å². The van der Waals surface area contributed by atoms with Gasteiger partial charge in [0, 0.05) is 29.6 Å². The van der Waals surface area contributed by atoms with Crippen molar-refractivity contribution in [1.29, 1.82) is 0 Å². The van der Waals surface area contributed by atoms with E-state index in [4.69, 9.17) is 23.8 Å². The molecule has 10 heteroatoms. The number of rotatable bonds is 6. The number of methoxy groups -OCH3 is 2. The van der Waals surface area contributed by atoms with Crippen LogP contribution in [0.4, 0.5) is 0 Å². The number of carbonyl (C=O) groups excluding carboxylic acids is 3. The molecule has 0 aliphatic rings. The molecule has 0 spiro atoms. The van der Waals surface area contributed by atoms with E-state index < -0.39 is 17.9 Å². The molecule has 2 aromatic heterocycles. The normalized spacial score (nSPS) is 10.4. The van der Waals surface area contributed by atoms with Gasteiger partial charge in [-0.3, -0.25) is 14.4 Å². The highest BCUT2D eigenvalue weighted by molar-refractivity contribution is 7.71. The molecule has 2 N–H and O–H groups in total. The topological polar surface area (TPSA) is 97.5 Å². The minimum atomic E-state index is -1.11. The second-order valence-corrected chi connectivity index (χ2v) is 8.70. The first-order valence-corrected chi connectivity index (χ1v) is 11.3. The maximum Gasteiger partial charge on any atom is 0.321 e. The van der Waals surface area contributed by atoms with Crippen LogP contribution in [0.2, 0.25) is 5.02 Å². The van der Waals surface area contributed by atoms with Crippen molar-refractivity contribution in [2.24, 2.45) is 5.92 Å². The number of esters is 2. The summed E-state index contributed by atoms with van der Waals surface area (Å²) in [6, 6.07) is 8.96. The second-order valence-electron chi connectivity index (χ2n) is 6.80. The molecule has 0 saturated carbocycles. The zero-order valence-electron chi connectivity index (χ0n) is 17.7. The Bertz CT molecular complexity index is 1300. The summed E-state index contributed by atoms with van der Waals surface area (Å²) in [6.07, 6.45) is 1.52. The highest BCUT2D eigenvalue weighted by Crippen LogP contribution is 2.26. The van der Waals surface area contributed by atoms with E-state index in [1.165, 1.54) is 25.6 Å². The number of nitrogens with one attached hydrogen (secondary N) is 2. The van der Waals surface area contributed by atoms with Gasteiger partial charge in [-0.05, 0) is 23.8 Å². The minimum Gasteiger partial charge on any atom is -0.468 e. The van der Waals surface area contributed by atoms with Crippen molar-refractivity contribution in [2.45, 2.75) is 13.0 Å². The van der Waals surface area contributed by atoms with Gasteiger partial charge in [0.1, 0.15) is 4.83 Å². The van der Waals surface area contributed by atoms with Crippen LogP contribution in [-0.4, -0.2) is 37.0 Å². The Balaban J connectivity index is 1.76.